The summed E-state index contributed by atoms with van der Waals surface area (Å²) in [4.78, 5) is 6.96. The maximum atomic E-state index is 5.54. The van der Waals surface area contributed by atoms with Crippen LogP contribution in [-0.2, 0) is 4.74 Å². The summed E-state index contributed by atoms with van der Waals surface area (Å²) in [7, 11) is 1.86. The number of benzene rings is 1. The average Bonchev–Trinajstić information content (AvgIpc) is 2.67. The molecule has 3 rings (SSSR count). The maximum Gasteiger partial charge on any atom is 0.191 e. The highest BCUT2D eigenvalue weighted by Gasteiger charge is 2.35. The van der Waals surface area contributed by atoms with Crippen LogP contribution in [-0.4, -0.2) is 57.3 Å². The second kappa shape index (κ2) is 9.38. The summed E-state index contributed by atoms with van der Waals surface area (Å²) in [5, 5.41) is 7.14. The first kappa shape index (κ1) is 19.2. The summed E-state index contributed by atoms with van der Waals surface area (Å²) < 4.78 is 5.54. The van der Waals surface area contributed by atoms with Crippen LogP contribution in [0.2, 0.25) is 0 Å². The van der Waals surface area contributed by atoms with Crippen LogP contribution in [0.5, 0.6) is 0 Å². The molecule has 1 aromatic rings. The summed E-state index contributed by atoms with van der Waals surface area (Å²) in [5.41, 5.74) is 1.84. The van der Waals surface area contributed by atoms with Crippen molar-refractivity contribution in [3.63, 3.8) is 0 Å². The molecule has 0 spiro atoms. The lowest BCUT2D eigenvalue weighted by Crippen LogP contribution is -2.49. The molecule has 1 atom stereocenters. The van der Waals surface area contributed by atoms with Crippen molar-refractivity contribution in [2.75, 3.05) is 46.4 Å². The van der Waals surface area contributed by atoms with Crippen LogP contribution in [0.3, 0.4) is 0 Å². The molecule has 2 aliphatic rings. The minimum absolute atomic E-state index is 0.336. The molecule has 0 radical (unpaired) electrons. The molecule has 26 heavy (non-hydrogen) atoms. The molecule has 1 aliphatic carbocycles. The topological polar surface area (TPSA) is 48.9 Å². The van der Waals surface area contributed by atoms with Crippen molar-refractivity contribution in [3.8, 4) is 0 Å². The van der Waals surface area contributed by atoms with Crippen LogP contribution >= 0.6 is 0 Å². The van der Waals surface area contributed by atoms with E-state index in [9.17, 15) is 0 Å². The van der Waals surface area contributed by atoms with Crippen LogP contribution in [0, 0.1) is 5.41 Å². The Hall–Kier alpha value is -1.59. The van der Waals surface area contributed by atoms with Gasteiger partial charge in [0, 0.05) is 33.2 Å². The highest BCUT2D eigenvalue weighted by Crippen LogP contribution is 2.42. The molecular weight excluding hydrogens is 324 g/mol. The van der Waals surface area contributed by atoms with E-state index in [4.69, 9.17) is 4.74 Å². The van der Waals surface area contributed by atoms with Gasteiger partial charge in [-0.25, -0.2) is 0 Å². The zero-order chi connectivity index (χ0) is 18.2. The molecule has 5 nitrogen and oxygen atoms in total. The van der Waals surface area contributed by atoms with Crippen LogP contribution in [0.25, 0.3) is 0 Å². The second-order valence-electron chi connectivity index (χ2n) is 7.59. The van der Waals surface area contributed by atoms with Gasteiger partial charge in [0.05, 0.1) is 19.3 Å². The first-order chi connectivity index (χ1) is 12.8. The highest BCUT2D eigenvalue weighted by atomic mass is 16.5. The van der Waals surface area contributed by atoms with E-state index in [1.165, 1.54) is 31.2 Å². The molecule has 0 aromatic heterocycles. The summed E-state index contributed by atoms with van der Waals surface area (Å²) >= 11 is 0. The number of nitrogens with zero attached hydrogens (tertiary/aromatic N) is 2. The fourth-order valence-electron chi connectivity index (χ4n) is 4.04. The van der Waals surface area contributed by atoms with E-state index < -0.39 is 0 Å². The number of morpholine rings is 1. The Morgan fingerprint density at radius 3 is 2.50 bits per heavy atom. The standard InChI is InChI=1S/C21H34N4O/c1-3-21(10-7-11-21)17-24-20(22-2)23-16-19(18-8-5-4-6-9-18)25-12-14-26-15-13-25/h4-6,8-9,19H,3,7,10-17H2,1-2H3,(H2,22,23,24). The Balaban J connectivity index is 1.58. The number of ether oxygens (including phenoxy) is 1. The smallest absolute Gasteiger partial charge is 0.191 e. The lowest BCUT2D eigenvalue weighted by atomic mass is 9.67. The van der Waals surface area contributed by atoms with Crippen molar-refractivity contribution in [1.82, 2.24) is 15.5 Å². The first-order valence-electron chi connectivity index (χ1n) is 10.1. The van der Waals surface area contributed by atoms with Gasteiger partial charge in [-0.3, -0.25) is 9.89 Å². The molecule has 1 heterocycles. The second-order valence-corrected chi connectivity index (χ2v) is 7.59. The number of guanidine groups is 1. The Morgan fingerprint density at radius 1 is 1.19 bits per heavy atom. The van der Waals surface area contributed by atoms with Crippen molar-refractivity contribution < 1.29 is 4.74 Å². The van der Waals surface area contributed by atoms with E-state index in [0.29, 0.717) is 11.5 Å². The largest absolute Gasteiger partial charge is 0.379 e. The van der Waals surface area contributed by atoms with E-state index >= 15 is 0 Å². The molecule has 5 heteroatoms. The number of hydrogen-bond donors (Lipinski definition) is 2. The maximum absolute atomic E-state index is 5.54. The molecule has 144 valence electrons. The molecule has 1 aliphatic heterocycles. The van der Waals surface area contributed by atoms with Crippen molar-refractivity contribution in [2.45, 2.75) is 38.6 Å². The fourth-order valence-corrected chi connectivity index (χ4v) is 4.04. The van der Waals surface area contributed by atoms with Gasteiger partial charge in [0.25, 0.3) is 0 Å². The predicted molar refractivity (Wildman–Crippen MR) is 108 cm³/mol. The zero-order valence-electron chi connectivity index (χ0n) is 16.3. The van der Waals surface area contributed by atoms with Crippen LogP contribution < -0.4 is 10.6 Å². The number of aliphatic imine (C=N–C) groups is 1. The van der Waals surface area contributed by atoms with E-state index in [1.807, 2.05) is 7.05 Å². The van der Waals surface area contributed by atoms with Gasteiger partial charge in [-0.2, -0.15) is 0 Å². The molecule has 1 aromatic carbocycles. The Kier molecular flexibility index (Phi) is 6.92. The number of hydrogen-bond acceptors (Lipinski definition) is 3. The Morgan fingerprint density at radius 2 is 1.92 bits per heavy atom. The lowest BCUT2D eigenvalue weighted by Gasteiger charge is -2.41. The van der Waals surface area contributed by atoms with Crippen LogP contribution in [0.1, 0.15) is 44.2 Å². The Labute approximate surface area is 158 Å². The van der Waals surface area contributed by atoms with Crippen molar-refractivity contribution in [3.05, 3.63) is 35.9 Å². The minimum Gasteiger partial charge on any atom is -0.379 e. The first-order valence-corrected chi connectivity index (χ1v) is 10.1. The van der Waals surface area contributed by atoms with Crippen LogP contribution in [0.4, 0.5) is 0 Å². The van der Waals surface area contributed by atoms with Gasteiger partial charge in [-0.15, -0.1) is 0 Å². The van der Waals surface area contributed by atoms with Gasteiger partial charge in [0.15, 0.2) is 5.96 Å². The van der Waals surface area contributed by atoms with E-state index in [1.54, 1.807) is 0 Å². The summed E-state index contributed by atoms with van der Waals surface area (Å²) in [6.45, 7) is 7.77. The van der Waals surface area contributed by atoms with Crippen molar-refractivity contribution in [1.29, 1.82) is 0 Å². The third-order valence-electron chi connectivity index (χ3n) is 6.15. The fraction of sp³-hybridized carbons (Fsp3) is 0.667. The SMILES string of the molecule is CCC1(CNC(=NC)NCC(c2ccccc2)N2CCOCC2)CCC1. The molecule has 0 bridgehead atoms. The zero-order valence-corrected chi connectivity index (χ0v) is 16.3. The quantitative estimate of drug-likeness (QED) is 0.581. The van der Waals surface area contributed by atoms with E-state index in [2.05, 4.69) is 57.8 Å². The van der Waals surface area contributed by atoms with Gasteiger partial charge in [-0.1, -0.05) is 43.7 Å². The van der Waals surface area contributed by atoms with Crippen LogP contribution in [0.15, 0.2) is 35.3 Å². The highest BCUT2D eigenvalue weighted by molar-refractivity contribution is 5.79. The normalized spacial score (nSPS) is 21.7. The third kappa shape index (κ3) is 4.77. The van der Waals surface area contributed by atoms with E-state index in [0.717, 1.165) is 45.4 Å². The summed E-state index contributed by atoms with van der Waals surface area (Å²) in [6.07, 6.45) is 5.30. The van der Waals surface area contributed by atoms with Crippen molar-refractivity contribution >= 4 is 5.96 Å². The predicted octanol–water partition coefficient (Wildman–Crippen LogP) is 2.81. The minimum atomic E-state index is 0.336. The Bertz CT molecular complexity index is 559. The summed E-state index contributed by atoms with van der Waals surface area (Å²) in [5.74, 6) is 0.916. The van der Waals surface area contributed by atoms with Gasteiger partial charge in [0.1, 0.15) is 0 Å². The van der Waals surface area contributed by atoms with Crippen molar-refractivity contribution in [2.24, 2.45) is 10.4 Å². The van der Waals surface area contributed by atoms with Gasteiger partial charge in [0.2, 0.25) is 0 Å². The number of rotatable bonds is 7. The lowest BCUT2D eigenvalue weighted by molar-refractivity contribution is 0.0170. The molecule has 2 N–H and O–H groups in total. The molecular formula is C21H34N4O. The van der Waals surface area contributed by atoms with Gasteiger partial charge in [-0.05, 0) is 30.2 Å². The average molecular weight is 359 g/mol. The van der Waals surface area contributed by atoms with E-state index in [-0.39, 0.29) is 0 Å². The molecule has 0 amide bonds. The molecule has 1 saturated carbocycles. The monoisotopic (exact) mass is 358 g/mol. The van der Waals surface area contributed by atoms with Gasteiger partial charge >= 0.3 is 0 Å². The summed E-state index contributed by atoms with van der Waals surface area (Å²) in [6, 6.07) is 11.1. The number of nitrogens with one attached hydrogen (secondary N) is 2. The molecule has 2 fully saturated rings. The third-order valence-corrected chi connectivity index (χ3v) is 6.15. The van der Waals surface area contributed by atoms with Gasteiger partial charge < -0.3 is 15.4 Å². The molecule has 1 unspecified atom stereocenters. The molecule has 1 saturated heterocycles.